The molecule has 5 heteroatoms. The van der Waals surface area contributed by atoms with Crippen molar-refractivity contribution < 1.29 is 0 Å². The van der Waals surface area contributed by atoms with Crippen molar-refractivity contribution in [2.45, 2.75) is 12.8 Å². The Morgan fingerprint density at radius 3 is 2.88 bits per heavy atom. The molecule has 0 atom stereocenters. The number of hydrogen-bond donors (Lipinski definition) is 0. The summed E-state index contributed by atoms with van der Waals surface area (Å²) in [5, 5.41) is 9.22. The second kappa shape index (κ2) is 6.71. The second-order valence-electron chi connectivity index (χ2n) is 5.53. The van der Waals surface area contributed by atoms with E-state index in [4.69, 9.17) is 5.10 Å². The highest BCUT2D eigenvalue weighted by Crippen LogP contribution is 2.27. The Kier molecular flexibility index (Phi) is 4.28. The van der Waals surface area contributed by atoms with Crippen LogP contribution in [0, 0.1) is 0 Å². The topological polar surface area (TPSA) is 29.6 Å². The van der Waals surface area contributed by atoms with Crippen molar-refractivity contribution in [1.29, 1.82) is 0 Å². The third kappa shape index (κ3) is 2.81. The number of thiophene rings is 1. The summed E-state index contributed by atoms with van der Waals surface area (Å²) in [6.07, 6.45) is 3.85. The van der Waals surface area contributed by atoms with Crippen molar-refractivity contribution in [3.8, 4) is 10.6 Å². The fourth-order valence-corrected chi connectivity index (χ4v) is 4.51. The summed E-state index contributed by atoms with van der Waals surface area (Å²) in [7, 11) is 0. The summed E-state index contributed by atoms with van der Waals surface area (Å²) in [6.45, 7) is 4.37. The van der Waals surface area contributed by atoms with Crippen LogP contribution in [-0.4, -0.2) is 16.9 Å². The number of nitrogens with zero attached hydrogens (tertiary/aromatic N) is 3. The highest BCUT2D eigenvalue weighted by Gasteiger charge is 2.18. The standard InChI is InChI=1S/C19H17N3S2/c1-2-11-20-19-22(17(13-24-19)18-8-5-12-23-18)21-16-10-9-14-6-3-4-7-15(14)16/h2-8,12-13H,1,9-11H2. The van der Waals surface area contributed by atoms with Crippen molar-refractivity contribution >= 4 is 28.4 Å². The quantitative estimate of drug-likeness (QED) is 0.617. The van der Waals surface area contributed by atoms with Gasteiger partial charge in [-0.1, -0.05) is 36.4 Å². The first-order valence-electron chi connectivity index (χ1n) is 7.89. The molecule has 0 amide bonds. The van der Waals surface area contributed by atoms with Crippen LogP contribution in [0.5, 0.6) is 0 Å². The van der Waals surface area contributed by atoms with E-state index >= 15 is 0 Å². The van der Waals surface area contributed by atoms with E-state index in [0.717, 1.165) is 29.0 Å². The minimum atomic E-state index is 0.603. The van der Waals surface area contributed by atoms with Gasteiger partial charge in [-0.2, -0.15) is 5.10 Å². The second-order valence-corrected chi connectivity index (χ2v) is 7.31. The third-order valence-electron chi connectivity index (χ3n) is 3.99. The van der Waals surface area contributed by atoms with E-state index in [2.05, 4.69) is 58.7 Å². The van der Waals surface area contributed by atoms with Crippen molar-refractivity contribution in [2.24, 2.45) is 10.1 Å². The van der Waals surface area contributed by atoms with E-state index in [9.17, 15) is 0 Å². The van der Waals surface area contributed by atoms with Crippen molar-refractivity contribution in [1.82, 2.24) is 4.68 Å². The average Bonchev–Trinajstić information content (AvgIpc) is 3.34. The summed E-state index contributed by atoms with van der Waals surface area (Å²) in [5.41, 5.74) is 4.90. The van der Waals surface area contributed by atoms with Gasteiger partial charge in [0.15, 0.2) is 0 Å². The van der Waals surface area contributed by atoms with Crippen LogP contribution in [-0.2, 0) is 6.42 Å². The van der Waals surface area contributed by atoms with E-state index in [1.54, 1.807) is 22.7 Å². The van der Waals surface area contributed by atoms with Gasteiger partial charge in [0, 0.05) is 10.9 Å². The molecule has 0 bridgehead atoms. The summed E-state index contributed by atoms with van der Waals surface area (Å²) in [4.78, 5) is 6.74. The first kappa shape index (κ1) is 15.3. The number of aromatic nitrogens is 1. The number of hydrogen-bond acceptors (Lipinski definition) is 4. The van der Waals surface area contributed by atoms with Gasteiger partial charge in [0.05, 0.1) is 22.8 Å². The summed E-state index contributed by atoms with van der Waals surface area (Å²) < 4.78 is 2.00. The molecule has 0 spiro atoms. The molecule has 1 aliphatic rings. The van der Waals surface area contributed by atoms with Crippen LogP contribution in [0.25, 0.3) is 10.6 Å². The first-order chi connectivity index (χ1) is 11.9. The Hall–Kier alpha value is -2.24. The van der Waals surface area contributed by atoms with Crippen LogP contribution >= 0.6 is 22.7 Å². The molecule has 0 unspecified atom stereocenters. The molecule has 24 heavy (non-hydrogen) atoms. The lowest BCUT2D eigenvalue weighted by atomic mass is 10.1. The van der Waals surface area contributed by atoms with Gasteiger partial charge in [0.1, 0.15) is 0 Å². The molecule has 3 aromatic rings. The lowest BCUT2D eigenvalue weighted by Crippen LogP contribution is -2.14. The molecular formula is C19H17N3S2. The zero-order valence-corrected chi connectivity index (χ0v) is 14.8. The smallest absolute Gasteiger partial charge is 0.206 e. The summed E-state index contributed by atoms with van der Waals surface area (Å²) in [6, 6.07) is 12.7. The molecular weight excluding hydrogens is 334 g/mol. The molecule has 1 aliphatic carbocycles. The Morgan fingerprint density at radius 2 is 2.04 bits per heavy atom. The molecule has 0 radical (unpaired) electrons. The highest BCUT2D eigenvalue weighted by atomic mass is 32.1. The molecule has 0 N–H and O–H groups in total. The van der Waals surface area contributed by atoms with Crippen LogP contribution in [0.3, 0.4) is 0 Å². The minimum absolute atomic E-state index is 0.603. The Balaban J connectivity index is 1.87. The maximum Gasteiger partial charge on any atom is 0.206 e. The van der Waals surface area contributed by atoms with Crippen molar-refractivity contribution in [2.75, 3.05) is 6.54 Å². The minimum Gasteiger partial charge on any atom is -0.253 e. The normalized spacial score (nSPS) is 15.8. The lowest BCUT2D eigenvalue weighted by Gasteiger charge is -2.04. The Morgan fingerprint density at radius 1 is 1.12 bits per heavy atom. The average molecular weight is 352 g/mol. The predicted molar refractivity (Wildman–Crippen MR) is 103 cm³/mol. The third-order valence-corrected chi connectivity index (χ3v) is 5.74. The fraction of sp³-hybridized carbons (Fsp3) is 0.158. The molecule has 2 aromatic heterocycles. The molecule has 3 nitrogen and oxygen atoms in total. The molecule has 120 valence electrons. The van der Waals surface area contributed by atoms with Crippen LogP contribution in [0.15, 0.2) is 69.9 Å². The molecule has 0 saturated carbocycles. The van der Waals surface area contributed by atoms with Gasteiger partial charge in [0.25, 0.3) is 0 Å². The van der Waals surface area contributed by atoms with E-state index in [-0.39, 0.29) is 0 Å². The summed E-state index contributed by atoms with van der Waals surface area (Å²) >= 11 is 3.35. The van der Waals surface area contributed by atoms with Crippen LogP contribution in [0.2, 0.25) is 0 Å². The zero-order valence-electron chi connectivity index (χ0n) is 13.2. The monoisotopic (exact) mass is 351 g/mol. The van der Waals surface area contributed by atoms with E-state index in [1.165, 1.54) is 16.0 Å². The molecule has 1 aromatic carbocycles. The number of fused-ring (bicyclic) bond motifs is 1. The van der Waals surface area contributed by atoms with Gasteiger partial charge >= 0.3 is 0 Å². The molecule has 4 rings (SSSR count). The molecule has 2 heterocycles. The summed E-state index contributed by atoms with van der Waals surface area (Å²) in [5.74, 6) is 0. The number of thiazole rings is 1. The number of rotatable bonds is 4. The maximum absolute atomic E-state index is 4.99. The molecule has 0 fully saturated rings. The van der Waals surface area contributed by atoms with Gasteiger partial charge in [-0.15, -0.1) is 29.3 Å². The van der Waals surface area contributed by atoms with Gasteiger partial charge in [0.2, 0.25) is 4.80 Å². The Bertz CT molecular complexity index is 959. The van der Waals surface area contributed by atoms with Gasteiger partial charge in [-0.05, 0) is 29.9 Å². The van der Waals surface area contributed by atoms with Crippen molar-refractivity contribution in [3.63, 3.8) is 0 Å². The fourth-order valence-electron chi connectivity index (χ4n) is 2.87. The Labute approximate surface area is 149 Å². The zero-order chi connectivity index (χ0) is 16.4. The molecule has 0 aliphatic heterocycles. The largest absolute Gasteiger partial charge is 0.253 e. The SMILES string of the molecule is C=CCN=c1scc(-c2cccs2)n1N=C1CCc2ccccc21. The maximum atomic E-state index is 4.99. The number of benzene rings is 1. The van der Waals surface area contributed by atoms with Gasteiger partial charge in [-0.25, -0.2) is 4.68 Å². The van der Waals surface area contributed by atoms with Crippen LogP contribution in [0.1, 0.15) is 17.5 Å². The molecule has 0 saturated heterocycles. The van der Waals surface area contributed by atoms with Crippen molar-refractivity contribution in [3.05, 3.63) is 75.7 Å². The highest BCUT2D eigenvalue weighted by molar-refractivity contribution is 7.14. The van der Waals surface area contributed by atoms with E-state index in [1.807, 2.05) is 10.8 Å². The number of aryl methyl sites for hydroxylation is 1. The predicted octanol–water partition coefficient (Wildman–Crippen LogP) is 4.56. The van der Waals surface area contributed by atoms with Crippen LogP contribution in [0.4, 0.5) is 0 Å². The van der Waals surface area contributed by atoms with E-state index in [0.29, 0.717) is 6.54 Å². The van der Waals surface area contributed by atoms with Gasteiger partial charge in [-0.3, -0.25) is 4.99 Å². The van der Waals surface area contributed by atoms with Gasteiger partial charge < -0.3 is 0 Å². The first-order valence-corrected chi connectivity index (χ1v) is 9.64. The van der Waals surface area contributed by atoms with Crippen LogP contribution < -0.4 is 4.80 Å². The lowest BCUT2D eigenvalue weighted by molar-refractivity contribution is 0.832. The van der Waals surface area contributed by atoms with E-state index < -0.39 is 0 Å².